The van der Waals surface area contributed by atoms with E-state index < -0.39 is 11.9 Å². The van der Waals surface area contributed by atoms with Crippen molar-refractivity contribution in [2.45, 2.75) is 20.0 Å². The van der Waals surface area contributed by atoms with Gasteiger partial charge >= 0.3 is 0 Å². The molecule has 1 N–H and O–H groups in total. The molecule has 1 unspecified atom stereocenters. The number of benzene rings is 2. The summed E-state index contributed by atoms with van der Waals surface area (Å²) < 4.78 is 19.4. The molecule has 2 rings (SSSR count). The predicted octanol–water partition coefficient (Wildman–Crippen LogP) is 4.19. The molecule has 0 aromatic heterocycles. The first-order valence-electron chi connectivity index (χ1n) is 6.22. The van der Waals surface area contributed by atoms with Gasteiger partial charge in [-0.15, -0.1) is 0 Å². The lowest BCUT2D eigenvalue weighted by atomic mass is 9.94. The standard InChI is InChI=1S/C16H16ClFO2/c1-9-7-10(2)14(13(8-9)20-3)16(19)11-5-4-6-12(17)15(11)18/h4-8,16,19H,1-3H3. The molecule has 0 aliphatic heterocycles. The highest BCUT2D eigenvalue weighted by Gasteiger charge is 2.22. The third kappa shape index (κ3) is 2.65. The first-order chi connectivity index (χ1) is 9.45. The van der Waals surface area contributed by atoms with Crippen molar-refractivity contribution in [2.24, 2.45) is 0 Å². The number of aliphatic hydroxyl groups excluding tert-OH is 1. The van der Waals surface area contributed by atoms with Crippen LogP contribution in [0.2, 0.25) is 5.02 Å². The third-order valence-electron chi connectivity index (χ3n) is 3.26. The molecule has 2 aromatic rings. The van der Waals surface area contributed by atoms with Crippen LogP contribution in [0.1, 0.15) is 28.4 Å². The summed E-state index contributed by atoms with van der Waals surface area (Å²) in [5.41, 5.74) is 2.55. The minimum absolute atomic E-state index is 0.00900. The van der Waals surface area contributed by atoms with Crippen molar-refractivity contribution in [3.63, 3.8) is 0 Å². The van der Waals surface area contributed by atoms with Crippen LogP contribution >= 0.6 is 11.6 Å². The molecule has 0 aliphatic rings. The maximum atomic E-state index is 14.1. The number of aryl methyl sites for hydroxylation is 2. The second kappa shape index (κ2) is 5.81. The number of hydrogen-bond acceptors (Lipinski definition) is 2. The van der Waals surface area contributed by atoms with E-state index in [0.29, 0.717) is 11.3 Å². The number of halogens is 2. The van der Waals surface area contributed by atoms with Crippen LogP contribution in [0, 0.1) is 19.7 Å². The minimum Gasteiger partial charge on any atom is -0.496 e. The molecule has 4 heteroatoms. The van der Waals surface area contributed by atoms with Crippen molar-refractivity contribution in [3.8, 4) is 5.75 Å². The number of ether oxygens (including phenoxy) is 1. The minimum atomic E-state index is -1.12. The summed E-state index contributed by atoms with van der Waals surface area (Å²) in [7, 11) is 1.53. The quantitative estimate of drug-likeness (QED) is 0.920. The van der Waals surface area contributed by atoms with Gasteiger partial charge in [-0.3, -0.25) is 0 Å². The molecule has 0 spiro atoms. The molecule has 106 valence electrons. The van der Waals surface area contributed by atoms with Gasteiger partial charge < -0.3 is 9.84 Å². The van der Waals surface area contributed by atoms with Gasteiger partial charge in [0.15, 0.2) is 0 Å². The average molecular weight is 295 g/mol. The van der Waals surface area contributed by atoms with Crippen LogP contribution < -0.4 is 4.74 Å². The van der Waals surface area contributed by atoms with E-state index in [1.54, 1.807) is 6.07 Å². The van der Waals surface area contributed by atoms with Crippen LogP contribution in [0.25, 0.3) is 0 Å². The van der Waals surface area contributed by atoms with Gasteiger partial charge in [-0.25, -0.2) is 4.39 Å². The summed E-state index contributed by atoms with van der Waals surface area (Å²) in [6.07, 6.45) is -1.12. The van der Waals surface area contributed by atoms with Gasteiger partial charge in [-0.05, 0) is 37.1 Å². The largest absolute Gasteiger partial charge is 0.496 e. The Morgan fingerprint density at radius 2 is 1.95 bits per heavy atom. The Morgan fingerprint density at radius 3 is 2.60 bits per heavy atom. The molecule has 0 bridgehead atoms. The van der Waals surface area contributed by atoms with E-state index in [9.17, 15) is 9.50 Å². The van der Waals surface area contributed by atoms with Crippen LogP contribution in [0.3, 0.4) is 0 Å². The molecule has 0 heterocycles. The Bertz CT molecular complexity index is 641. The number of aliphatic hydroxyl groups is 1. The average Bonchev–Trinajstić information content (AvgIpc) is 2.40. The zero-order chi connectivity index (χ0) is 14.9. The molecule has 0 amide bonds. The van der Waals surface area contributed by atoms with Crippen LogP contribution in [0.15, 0.2) is 30.3 Å². The lowest BCUT2D eigenvalue weighted by Crippen LogP contribution is -2.07. The van der Waals surface area contributed by atoms with E-state index in [4.69, 9.17) is 16.3 Å². The van der Waals surface area contributed by atoms with Gasteiger partial charge in [0, 0.05) is 11.1 Å². The highest BCUT2D eigenvalue weighted by Crippen LogP contribution is 2.35. The molecule has 1 atom stereocenters. The zero-order valence-corrected chi connectivity index (χ0v) is 12.3. The highest BCUT2D eigenvalue weighted by atomic mass is 35.5. The topological polar surface area (TPSA) is 29.5 Å². The van der Waals surface area contributed by atoms with E-state index in [-0.39, 0.29) is 10.6 Å². The van der Waals surface area contributed by atoms with Gasteiger partial charge in [-0.2, -0.15) is 0 Å². The number of rotatable bonds is 3. The molecule has 2 aromatic carbocycles. The van der Waals surface area contributed by atoms with E-state index in [1.807, 2.05) is 26.0 Å². The van der Waals surface area contributed by atoms with Crippen molar-refractivity contribution < 1.29 is 14.2 Å². The summed E-state index contributed by atoms with van der Waals surface area (Å²) in [5, 5.41) is 10.5. The molecule has 20 heavy (non-hydrogen) atoms. The Hall–Kier alpha value is -1.58. The van der Waals surface area contributed by atoms with Crippen molar-refractivity contribution in [1.29, 1.82) is 0 Å². The predicted molar refractivity (Wildman–Crippen MR) is 77.9 cm³/mol. The summed E-state index contributed by atoms with van der Waals surface area (Å²) in [5.74, 6) is -0.0712. The van der Waals surface area contributed by atoms with Gasteiger partial charge in [0.05, 0.1) is 12.1 Å². The number of methoxy groups -OCH3 is 1. The van der Waals surface area contributed by atoms with E-state index in [1.165, 1.54) is 19.2 Å². The Morgan fingerprint density at radius 1 is 1.25 bits per heavy atom. The molecule has 0 fully saturated rings. The maximum Gasteiger partial charge on any atom is 0.147 e. The van der Waals surface area contributed by atoms with Gasteiger partial charge in [0.1, 0.15) is 17.7 Å². The van der Waals surface area contributed by atoms with E-state index >= 15 is 0 Å². The normalized spacial score (nSPS) is 12.3. The van der Waals surface area contributed by atoms with Crippen molar-refractivity contribution in [2.75, 3.05) is 7.11 Å². The van der Waals surface area contributed by atoms with Crippen molar-refractivity contribution >= 4 is 11.6 Å². The smallest absolute Gasteiger partial charge is 0.147 e. The lowest BCUT2D eigenvalue weighted by molar-refractivity contribution is 0.209. The van der Waals surface area contributed by atoms with Crippen LogP contribution in [-0.2, 0) is 0 Å². The fourth-order valence-corrected chi connectivity index (χ4v) is 2.53. The second-order valence-electron chi connectivity index (χ2n) is 4.74. The van der Waals surface area contributed by atoms with Crippen LogP contribution in [0.4, 0.5) is 4.39 Å². The monoisotopic (exact) mass is 294 g/mol. The van der Waals surface area contributed by atoms with Crippen molar-refractivity contribution in [3.05, 3.63) is 63.4 Å². The maximum absolute atomic E-state index is 14.1. The summed E-state index contributed by atoms with van der Waals surface area (Å²) >= 11 is 5.77. The molecular formula is C16H16ClFO2. The van der Waals surface area contributed by atoms with Crippen LogP contribution in [-0.4, -0.2) is 12.2 Å². The lowest BCUT2D eigenvalue weighted by Gasteiger charge is -2.19. The molecular weight excluding hydrogens is 279 g/mol. The highest BCUT2D eigenvalue weighted by molar-refractivity contribution is 6.30. The molecule has 0 radical (unpaired) electrons. The third-order valence-corrected chi connectivity index (χ3v) is 3.55. The Balaban J connectivity index is 2.59. The Kier molecular flexibility index (Phi) is 4.31. The summed E-state index contributed by atoms with van der Waals surface area (Å²) in [6, 6.07) is 8.31. The van der Waals surface area contributed by atoms with Gasteiger partial charge in [0.25, 0.3) is 0 Å². The molecule has 0 saturated heterocycles. The van der Waals surface area contributed by atoms with E-state index in [2.05, 4.69) is 0 Å². The number of hydrogen-bond donors (Lipinski definition) is 1. The summed E-state index contributed by atoms with van der Waals surface area (Å²) in [6.45, 7) is 3.79. The van der Waals surface area contributed by atoms with Gasteiger partial charge in [-0.1, -0.05) is 29.8 Å². The molecule has 0 aliphatic carbocycles. The molecule has 2 nitrogen and oxygen atoms in total. The Labute approximate surface area is 122 Å². The van der Waals surface area contributed by atoms with Crippen LogP contribution in [0.5, 0.6) is 5.75 Å². The second-order valence-corrected chi connectivity index (χ2v) is 5.15. The fourth-order valence-electron chi connectivity index (χ4n) is 2.35. The zero-order valence-electron chi connectivity index (χ0n) is 11.6. The summed E-state index contributed by atoms with van der Waals surface area (Å²) in [4.78, 5) is 0. The van der Waals surface area contributed by atoms with Crippen molar-refractivity contribution in [1.82, 2.24) is 0 Å². The first kappa shape index (κ1) is 14.8. The first-order valence-corrected chi connectivity index (χ1v) is 6.60. The molecule has 0 saturated carbocycles. The SMILES string of the molecule is COc1cc(C)cc(C)c1C(O)c1cccc(Cl)c1F. The van der Waals surface area contributed by atoms with Gasteiger partial charge in [0.2, 0.25) is 0 Å². The van der Waals surface area contributed by atoms with E-state index in [0.717, 1.165) is 11.1 Å². The fraction of sp³-hybridized carbons (Fsp3) is 0.250.